The summed E-state index contributed by atoms with van der Waals surface area (Å²) >= 11 is 0. The fraction of sp³-hybridized carbons (Fsp3) is 0.368. The molecule has 0 aliphatic heterocycles. The van der Waals surface area contributed by atoms with Gasteiger partial charge < -0.3 is 5.11 Å². The monoisotopic (exact) mass is 286 g/mol. The van der Waals surface area contributed by atoms with Crippen molar-refractivity contribution in [3.63, 3.8) is 0 Å². The van der Waals surface area contributed by atoms with Crippen molar-refractivity contribution < 1.29 is 9.50 Å². The number of aryl methyl sites for hydroxylation is 2. The van der Waals surface area contributed by atoms with E-state index in [2.05, 4.69) is 20.8 Å². The average Bonchev–Trinajstić information content (AvgIpc) is 2.36. The quantitative estimate of drug-likeness (QED) is 0.839. The summed E-state index contributed by atoms with van der Waals surface area (Å²) in [5, 5.41) is 10.6. The van der Waals surface area contributed by atoms with Crippen molar-refractivity contribution in [2.45, 2.75) is 46.1 Å². The van der Waals surface area contributed by atoms with E-state index >= 15 is 0 Å². The molecule has 112 valence electrons. The maximum absolute atomic E-state index is 13.4. The van der Waals surface area contributed by atoms with Crippen molar-refractivity contribution in [3.8, 4) is 0 Å². The second-order valence-corrected chi connectivity index (χ2v) is 6.73. The molecule has 0 heterocycles. The first kappa shape index (κ1) is 15.7. The Hall–Kier alpha value is -1.67. The number of hydrogen-bond donors (Lipinski definition) is 1. The second-order valence-electron chi connectivity index (χ2n) is 6.73. The van der Waals surface area contributed by atoms with Gasteiger partial charge in [-0.3, -0.25) is 0 Å². The average molecular weight is 286 g/mol. The molecule has 0 saturated carbocycles. The predicted octanol–water partition coefficient (Wildman–Crippen LogP) is 4.82. The Bertz CT molecular complexity index is 613. The molecule has 1 N–H and O–H groups in total. The summed E-state index contributed by atoms with van der Waals surface area (Å²) in [5.41, 5.74) is 4.50. The van der Waals surface area contributed by atoms with Crippen molar-refractivity contribution >= 4 is 0 Å². The number of rotatable bonds is 2. The number of benzene rings is 2. The first-order valence-corrected chi connectivity index (χ1v) is 7.25. The van der Waals surface area contributed by atoms with Crippen LogP contribution >= 0.6 is 0 Å². The molecule has 1 nitrogen and oxygen atoms in total. The maximum Gasteiger partial charge on any atom is 0.123 e. The number of halogens is 1. The minimum Gasteiger partial charge on any atom is -0.384 e. The van der Waals surface area contributed by atoms with E-state index in [1.807, 2.05) is 38.1 Å². The van der Waals surface area contributed by atoms with Gasteiger partial charge in [0.05, 0.1) is 0 Å². The summed E-state index contributed by atoms with van der Waals surface area (Å²) < 4.78 is 13.4. The molecule has 2 rings (SSSR count). The molecular weight excluding hydrogens is 263 g/mol. The van der Waals surface area contributed by atoms with Gasteiger partial charge >= 0.3 is 0 Å². The van der Waals surface area contributed by atoms with Gasteiger partial charge in [-0.1, -0.05) is 45.0 Å². The summed E-state index contributed by atoms with van der Waals surface area (Å²) in [7, 11) is 0. The Balaban J connectivity index is 2.39. The van der Waals surface area contributed by atoms with Crippen LogP contribution in [0.5, 0.6) is 0 Å². The third-order valence-electron chi connectivity index (χ3n) is 3.92. The van der Waals surface area contributed by atoms with E-state index in [1.165, 1.54) is 17.7 Å². The van der Waals surface area contributed by atoms with Crippen LogP contribution in [-0.2, 0) is 5.41 Å². The van der Waals surface area contributed by atoms with Gasteiger partial charge in [0, 0.05) is 0 Å². The smallest absolute Gasteiger partial charge is 0.123 e. The summed E-state index contributed by atoms with van der Waals surface area (Å²) in [6.45, 7) is 10.1. The van der Waals surface area contributed by atoms with Crippen LogP contribution in [0.1, 0.15) is 54.7 Å². The van der Waals surface area contributed by atoms with Crippen molar-refractivity contribution in [3.05, 3.63) is 70.0 Å². The number of aliphatic hydroxyl groups is 1. The maximum atomic E-state index is 13.4. The van der Waals surface area contributed by atoms with Crippen LogP contribution in [0.2, 0.25) is 0 Å². The molecule has 2 aromatic rings. The van der Waals surface area contributed by atoms with Crippen LogP contribution in [0.25, 0.3) is 0 Å². The van der Waals surface area contributed by atoms with E-state index in [-0.39, 0.29) is 11.2 Å². The zero-order valence-corrected chi connectivity index (χ0v) is 13.4. The zero-order valence-electron chi connectivity index (χ0n) is 13.4. The van der Waals surface area contributed by atoms with E-state index in [9.17, 15) is 9.50 Å². The zero-order chi connectivity index (χ0) is 15.8. The van der Waals surface area contributed by atoms with Crippen LogP contribution in [-0.4, -0.2) is 5.11 Å². The van der Waals surface area contributed by atoms with Gasteiger partial charge in [0.25, 0.3) is 0 Å². The highest BCUT2D eigenvalue weighted by Gasteiger charge is 2.18. The fourth-order valence-corrected chi connectivity index (χ4v) is 2.69. The van der Waals surface area contributed by atoms with Gasteiger partial charge in [-0.05, 0) is 59.2 Å². The molecule has 0 spiro atoms. The standard InChI is InChI=1S/C19H23FO/c1-12-10-16(20)11-13(2)17(12)18(21)14-6-8-15(9-7-14)19(3,4)5/h6-11,18,21H,1-5H3. The van der Waals surface area contributed by atoms with E-state index in [0.717, 1.165) is 22.3 Å². The van der Waals surface area contributed by atoms with Gasteiger partial charge in [0.1, 0.15) is 11.9 Å². The molecule has 1 atom stereocenters. The second kappa shape index (κ2) is 5.61. The van der Waals surface area contributed by atoms with E-state index in [0.29, 0.717) is 0 Å². The Labute approximate surface area is 126 Å². The Kier molecular flexibility index (Phi) is 4.20. The number of hydrogen-bond acceptors (Lipinski definition) is 1. The molecule has 0 aliphatic carbocycles. The summed E-state index contributed by atoms with van der Waals surface area (Å²) in [6, 6.07) is 10.9. The van der Waals surface area contributed by atoms with Crippen molar-refractivity contribution in [1.29, 1.82) is 0 Å². The van der Waals surface area contributed by atoms with E-state index in [4.69, 9.17) is 0 Å². The van der Waals surface area contributed by atoms with Gasteiger partial charge in [0.15, 0.2) is 0 Å². The van der Waals surface area contributed by atoms with E-state index in [1.54, 1.807) is 0 Å². The lowest BCUT2D eigenvalue weighted by Gasteiger charge is -2.21. The third-order valence-corrected chi connectivity index (χ3v) is 3.92. The summed E-state index contributed by atoms with van der Waals surface area (Å²) in [6.07, 6.45) is -0.723. The minimum atomic E-state index is -0.723. The molecule has 1 unspecified atom stereocenters. The van der Waals surface area contributed by atoms with Crippen LogP contribution in [0.3, 0.4) is 0 Å². The van der Waals surface area contributed by atoms with Gasteiger partial charge in [0.2, 0.25) is 0 Å². The largest absolute Gasteiger partial charge is 0.384 e. The topological polar surface area (TPSA) is 20.2 Å². The molecule has 2 heteroatoms. The number of aliphatic hydroxyl groups excluding tert-OH is 1. The first-order chi connectivity index (χ1) is 9.70. The highest BCUT2D eigenvalue weighted by atomic mass is 19.1. The minimum absolute atomic E-state index is 0.0885. The molecule has 0 amide bonds. The highest BCUT2D eigenvalue weighted by molar-refractivity contribution is 5.42. The van der Waals surface area contributed by atoms with Crippen molar-refractivity contribution in [1.82, 2.24) is 0 Å². The molecule has 0 saturated heterocycles. The van der Waals surface area contributed by atoms with Gasteiger partial charge in [-0.15, -0.1) is 0 Å². The predicted molar refractivity (Wildman–Crippen MR) is 85.1 cm³/mol. The molecule has 0 radical (unpaired) electrons. The molecule has 0 aliphatic rings. The Morgan fingerprint density at radius 3 is 1.86 bits per heavy atom. The lowest BCUT2D eigenvalue weighted by molar-refractivity contribution is 0.218. The molecule has 0 bridgehead atoms. The van der Waals surface area contributed by atoms with Crippen LogP contribution in [0.4, 0.5) is 4.39 Å². The third kappa shape index (κ3) is 3.33. The van der Waals surface area contributed by atoms with Crippen molar-refractivity contribution in [2.75, 3.05) is 0 Å². The van der Waals surface area contributed by atoms with Crippen molar-refractivity contribution in [2.24, 2.45) is 0 Å². The lowest BCUT2D eigenvalue weighted by atomic mass is 9.85. The normalized spacial score (nSPS) is 13.3. The molecule has 21 heavy (non-hydrogen) atoms. The van der Waals surface area contributed by atoms with Crippen LogP contribution in [0.15, 0.2) is 36.4 Å². The van der Waals surface area contributed by atoms with Crippen LogP contribution < -0.4 is 0 Å². The molecule has 0 fully saturated rings. The lowest BCUT2D eigenvalue weighted by Crippen LogP contribution is -2.11. The fourth-order valence-electron chi connectivity index (χ4n) is 2.69. The van der Waals surface area contributed by atoms with Crippen LogP contribution in [0, 0.1) is 19.7 Å². The van der Waals surface area contributed by atoms with E-state index < -0.39 is 6.10 Å². The highest BCUT2D eigenvalue weighted by Crippen LogP contribution is 2.30. The first-order valence-electron chi connectivity index (χ1n) is 7.25. The summed E-state index contributed by atoms with van der Waals surface area (Å²) in [4.78, 5) is 0. The SMILES string of the molecule is Cc1cc(F)cc(C)c1C(O)c1ccc(C(C)(C)C)cc1. The molecule has 0 aromatic heterocycles. The molecular formula is C19H23FO. The van der Waals surface area contributed by atoms with Gasteiger partial charge in [-0.2, -0.15) is 0 Å². The molecule has 2 aromatic carbocycles. The Morgan fingerprint density at radius 2 is 1.43 bits per heavy atom. The Morgan fingerprint density at radius 1 is 0.952 bits per heavy atom. The van der Waals surface area contributed by atoms with Gasteiger partial charge in [-0.25, -0.2) is 4.39 Å². The summed E-state index contributed by atoms with van der Waals surface area (Å²) in [5.74, 6) is -0.260.